The Morgan fingerprint density at radius 1 is 0.828 bits per heavy atom. The summed E-state index contributed by atoms with van der Waals surface area (Å²) in [6.45, 7) is 0.479. The Bertz CT molecular complexity index is 915. The van der Waals surface area contributed by atoms with Gasteiger partial charge in [0.2, 0.25) is 0 Å². The van der Waals surface area contributed by atoms with Gasteiger partial charge in [-0.05, 0) is 66.2 Å². The summed E-state index contributed by atoms with van der Waals surface area (Å²) in [5.74, 6) is -0.975. The predicted molar refractivity (Wildman–Crippen MR) is 114 cm³/mol. The first kappa shape index (κ1) is 20.6. The molecule has 0 radical (unpaired) electrons. The molecule has 148 valence electrons. The van der Waals surface area contributed by atoms with Crippen LogP contribution in [-0.2, 0) is 0 Å². The number of hydrogen-bond acceptors (Lipinski definition) is 2. The number of thiocarbonyl (C=S) groups is 1. The van der Waals surface area contributed by atoms with Crippen molar-refractivity contribution < 1.29 is 13.6 Å². The number of carbonyl (C=O) groups excluding carboxylic acids is 1. The third kappa shape index (κ3) is 5.93. The molecule has 2 N–H and O–H groups in total. The molecule has 0 aliphatic heterocycles. The second-order valence-corrected chi connectivity index (χ2v) is 6.93. The molecular formula is C23H20F2N2OS. The molecule has 0 spiro atoms. The predicted octanol–water partition coefficient (Wildman–Crippen LogP) is 4.79. The number of rotatable bonds is 6. The van der Waals surface area contributed by atoms with Crippen molar-refractivity contribution in [1.29, 1.82) is 0 Å². The van der Waals surface area contributed by atoms with Crippen LogP contribution in [0.3, 0.4) is 0 Å². The van der Waals surface area contributed by atoms with E-state index in [0.717, 1.165) is 11.1 Å². The lowest BCUT2D eigenvalue weighted by Gasteiger charge is -2.19. The van der Waals surface area contributed by atoms with Gasteiger partial charge in [-0.25, -0.2) is 8.78 Å². The lowest BCUT2D eigenvalue weighted by Crippen LogP contribution is -2.39. The monoisotopic (exact) mass is 410 g/mol. The molecule has 0 heterocycles. The maximum absolute atomic E-state index is 13.3. The fraction of sp³-hybridized carbons (Fsp3) is 0.130. The molecule has 6 heteroatoms. The first-order chi connectivity index (χ1) is 14.0. The zero-order chi connectivity index (χ0) is 20.6. The van der Waals surface area contributed by atoms with Gasteiger partial charge in [-0.1, -0.05) is 42.5 Å². The van der Waals surface area contributed by atoms with Gasteiger partial charge in [0.25, 0.3) is 5.91 Å². The van der Waals surface area contributed by atoms with Crippen LogP contribution in [0, 0.1) is 11.6 Å². The van der Waals surface area contributed by atoms with Crippen LogP contribution in [0.2, 0.25) is 0 Å². The van der Waals surface area contributed by atoms with E-state index in [1.54, 1.807) is 48.5 Å². The van der Waals surface area contributed by atoms with E-state index >= 15 is 0 Å². The first-order valence-electron chi connectivity index (χ1n) is 9.18. The molecule has 3 nitrogen and oxygen atoms in total. The molecule has 0 aliphatic rings. The number of benzene rings is 3. The van der Waals surface area contributed by atoms with Gasteiger partial charge in [0.1, 0.15) is 11.6 Å². The number of carbonyl (C=O) groups is 1. The topological polar surface area (TPSA) is 41.1 Å². The Kier molecular flexibility index (Phi) is 7.03. The summed E-state index contributed by atoms with van der Waals surface area (Å²) in [4.78, 5) is 12.1. The van der Waals surface area contributed by atoms with Gasteiger partial charge in [-0.15, -0.1) is 0 Å². The lowest BCUT2D eigenvalue weighted by molar-refractivity contribution is 0.0976. The summed E-state index contributed by atoms with van der Waals surface area (Å²) in [7, 11) is 0. The Morgan fingerprint density at radius 3 is 1.86 bits per heavy atom. The molecule has 0 atom stereocenters. The fourth-order valence-corrected chi connectivity index (χ4v) is 3.25. The van der Waals surface area contributed by atoms with Crippen LogP contribution in [0.4, 0.5) is 8.78 Å². The molecule has 3 aromatic carbocycles. The molecule has 0 saturated heterocycles. The van der Waals surface area contributed by atoms with Crippen LogP contribution in [0.1, 0.15) is 33.8 Å². The summed E-state index contributed by atoms with van der Waals surface area (Å²) < 4.78 is 26.6. The fourth-order valence-electron chi connectivity index (χ4n) is 3.06. The van der Waals surface area contributed by atoms with E-state index in [1.807, 2.05) is 6.07 Å². The van der Waals surface area contributed by atoms with Crippen LogP contribution < -0.4 is 10.6 Å². The number of amides is 1. The summed E-state index contributed by atoms with van der Waals surface area (Å²) in [5.41, 5.74) is 2.35. The highest BCUT2D eigenvalue weighted by Gasteiger charge is 2.15. The molecule has 3 aromatic rings. The smallest absolute Gasteiger partial charge is 0.257 e. The zero-order valence-electron chi connectivity index (χ0n) is 15.6. The molecule has 1 amide bonds. The van der Waals surface area contributed by atoms with Crippen molar-refractivity contribution >= 4 is 23.2 Å². The molecular weight excluding hydrogens is 390 g/mol. The van der Waals surface area contributed by atoms with Crippen molar-refractivity contribution in [3.63, 3.8) is 0 Å². The second kappa shape index (κ2) is 9.89. The Morgan fingerprint density at radius 2 is 1.34 bits per heavy atom. The molecule has 29 heavy (non-hydrogen) atoms. The average Bonchev–Trinajstić information content (AvgIpc) is 2.73. The van der Waals surface area contributed by atoms with Gasteiger partial charge in [0.05, 0.1) is 0 Å². The van der Waals surface area contributed by atoms with Crippen LogP contribution in [0.5, 0.6) is 0 Å². The minimum absolute atomic E-state index is 0.0728. The maximum Gasteiger partial charge on any atom is 0.257 e. The minimum atomic E-state index is -0.311. The van der Waals surface area contributed by atoms with Crippen molar-refractivity contribution in [2.75, 3.05) is 6.54 Å². The number of halogens is 2. The Balaban J connectivity index is 1.62. The van der Waals surface area contributed by atoms with Crippen molar-refractivity contribution in [3.05, 3.63) is 107 Å². The molecule has 3 rings (SSSR count). The van der Waals surface area contributed by atoms with Gasteiger partial charge in [0.15, 0.2) is 5.11 Å². The van der Waals surface area contributed by atoms with Crippen LogP contribution in [0.25, 0.3) is 0 Å². The van der Waals surface area contributed by atoms with E-state index in [2.05, 4.69) is 10.6 Å². The lowest BCUT2D eigenvalue weighted by atomic mass is 9.88. The molecule has 0 aliphatic carbocycles. The largest absolute Gasteiger partial charge is 0.362 e. The highest BCUT2D eigenvalue weighted by Crippen LogP contribution is 2.28. The highest BCUT2D eigenvalue weighted by atomic mass is 32.1. The highest BCUT2D eigenvalue weighted by molar-refractivity contribution is 7.80. The van der Waals surface area contributed by atoms with Crippen molar-refractivity contribution in [1.82, 2.24) is 10.6 Å². The van der Waals surface area contributed by atoms with Gasteiger partial charge in [-0.2, -0.15) is 0 Å². The quantitative estimate of drug-likeness (QED) is 0.574. The molecule has 0 unspecified atom stereocenters. The van der Waals surface area contributed by atoms with Gasteiger partial charge >= 0.3 is 0 Å². The minimum Gasteiger partial charge on any atom is -0.362 e. The number of hydrogen-bond donors (Lipinski definition) is 2. The third-order valence-corrected chi connectivity index (χ3v) is 4.77. The Labute approximate surface area is 173 Å². The summed E-state index contributed by atoms with van der Waals surface area (Å²) >= 11 is 5.21. The molecule has 0 bridgehead atoms. The van der Waals surface area contributed by atoms with E-state index in [9.17, 15) is 13.6 Å². The van der Waals surface area contributed by atoms with Gasteiger partial charge < -0.3 is 5.32 Å². The average molecular weight is 410 g/mol. The van der Waals surface area contributed by atoms with E-state index in [1.165, 1.54) is 24.3 Å². The zero-order valence-corrected chi connectivity index (χ0v) is 16.4. The normalized spacial score (nSPS) is 10.6. The van der Waals surface area contributed by atoms with E-state index in [4.69, 9.17) is 12.2 Å². The van der Waals surface area contributed by atoms with Crippen LogP contribution >= 0.6 is 12.2 Å². The second-order valence-electron chi connectivity index (χ2n) is 6.52. The van der Waals surface area contributed by atoms with Gasteiger partial charge in [-0.3, -0.25) is 10.1 Å². The molecule has 0 aromatic heterocycles. The number of nitrogens with one attached hydrogen (secondary N) is 2. The van der Waals surface area contributed by atoms with E-state index in [0.29, 0.717) is 18.5 Å². The van der Waals surface area contributed by atoms with Crippen LogP contribution in [-0.4, -0.2) is 17.6 Å². The summed E-state index contributed by atoms with van der Waals surface area (Å²) in [6.07, 6.45) is 0.624. The summed E-state index contributed by atoms with van der Waals surface area (Å²) in [5, 5.41) is 5.91. The molecule has 0 fully saturated rings. The van der Waals surface area contributed by atoms with Crippen molar-refractivity contribution in [3.8, 4) is 0 Å². The first-order valence-corrected chi connectivity index (χ1v) is 9.59. The van der Waals surface area contributed by atoms with Gasteiger partial charge in [0, 0.05) is 18.0 Å². The maximum atomic E-state index is 13.3. The molecule has 0 saturated carbocycles. The third-order valence-electron chi connectivity index (χ3n) is 4.53. The SMILES string of the molecule is O=C(NC(=S)NCCC(c1ccc(F)cc1)c1ccc(F)cc1)c1ccccc1. The van der Waals surface area contributed by atoms with Crippen LogP contribution in [0.15, 0.2) is 78.9 Å². The van der Waals surface area contributed by atoms with Crippen molar-refractivity contribution in [2.45, 2.75) is 12.3 Å². The van der Waals surface area contributed by atoms with E-state index in [-0.39, 0.29) is 28.6 Å². The Hall–Kier alpha value is -3.12. The van der Waals surface area contributed by atoms with Crippen molar-refractivity contribution in [2.24, 2.45) is 0 Å². The standard InChI is InChI=1S/C23H20F2N2OS/c24-19-10-6-16(7-11-19)21(17-8-12-20(25)13-9-17)14-15-26-23(29)27-22(28)18-4-2-1-3-5-18/h1-13,21H,14-15H2,(H2,26,27,28,29). The van der Waals surface area contributed by atoms with E-state index < -0.39 is 0 Å². The summed E-state index contributed by atoms with van der Waals surface area (Å²) in [6, 6.07) is 21.3.